The molecule has 10 heteroatoms. The number of hydrogen-bond acceptors (Lipinski definition) is 5. The number of aliphatic imine (C=N–C) groups is 1. The van der Waals surface area contributed by atoms with Crippen molar-refractivity contribution in [1.29, 1.82) is 0 Å². The fraction of sp³-hybridized carbons (Fsp3) is 0.370. The summed E-state index contributed by atoms with van der Waals surface area (Å²) in [6, 6.07) is 6.68. The van der Waals surface area contributed by atoms with Gasteiger partial charge in [0.25, 0.3) is 0 Å². The third-order valence-corrected chi connectivity index (χ3v) is 5.97. The number of benzene rings is 2. The summed E-state index contributed by atoms with van der Waals surface area (Å²) in [4.78, 5) is 30.0. The van der Waals surface area contributed by atoms with E-state index in [1.807, 2.05) is 20.8 Å². The molecule has 0 unspecified atom stereocenters. The Morgan fingerprint density at radius 3 is 2.30 bits per heavy atom. The molecular weight excluding hydrogens is 490 g/mol. The minimum Gasteiger partial charge on any atom is -0.465 e. The van der Waals surface area contributed by atoms with E-state index in [9.17, 15) is 27.2 Å². The normalized spacial score (nSPS) is 15.5. The molecule has 1 amide bonds. The zero-order valence-corrected chi connectivity index (χ0v) is 21.0. The van der Waals surface area contributed by atoms with Gasteiger partial charge in [0.1, 0.15) is 5.82 Å². The van der Waals surface area contributed by atoms with E-state index in [1.54, 1.807) is 18.3 Å². The van der Waals surface area contributed by atoms with Crippen LogP contribution in [0.1, 0.15) is 60.7 Å². The number of nitrogens with zero attached hydrogens (tertiary/aromatic N) is 1. The highest BCUT2D eigenvalue weighted by Crippen LogP contribution is 2.50. The van der Waals surface area contributed by atoms with Crippen LogP contribution in [0.15, 0.2) is 47.6 Å². The largest absolute Gasteiger partial charge is 0.465 e. The topological polar surface area (TPSA) is 93.8 Å². The smallest absolute Gasteiger partial charge is 0.416 e. The summed E-state index contributed by atoms with van der Waals surface area (Å²) in [7, 11) is 1.21. The van der Waals surface area contributed by atoms with Crippen molar-refractivity contribution in [1.82, 2.24) is 0 Å². The molecule has 198 valence electrons. The van der Waals surface area contributed by atoms with Gasteiger partial charge in [-0.15, -0.1) is 0 Å². The third kappa shape index (κ3) is 6.36. The standard InChI is InChI=1S/C27H29F4N3O3/c1-25(2,3)15-33-14-16(13-32)19-7-6-18(12-20(19)23(35)37-4)34-24(36)26(9-10-26)21-8-5-17(11-22(21)28)27(29,30)31/h5-8,11-14H,9-10,15,32H2,1-4H3,(H,34,36). The molecule has 0 aromatic heterocycles. The maximum atomic E-state index is 14.6. The van der Waals surface area contributed by atoms with Gasteiger partial charge in [0.05, 0.1) is 23.7 Å². The Hall–Kier alpha value is -3.69. The van der Waals surface area contributed by atoms with E-state index in [1.165, 1.54) is 19.4 Å². The van der Waals surface area contributed by atoms with Gasteiger partial charge in [-0.05, 0) is 48.1 Å². The van der Waals surface area contributed by atoms with E-state index < -0.39 is 34.8 Å². The Bertz CT molecular complexity index is 1260. The van der Waals surface area contributed by atoms with Crippen molar-refractivity contribution in [2.75, 3.05) is 19.0 Å². The first-order valence-corrected chi connectivity index (χ1v) is 11.5. The number of nitrogens with one attached hydrogen (secondary N) is 1. The molecule has 1 saturated carbocycles. The van der Waals surface area contributed by atoms with Gasteiger partial charge in [-0.25, -0.2) is 9.18 Å². The number of alkyl halides is 3. The van der Waals surface area contributed by atoms with Crippen molar-refractivity contribution in [3.63, 3.8) is 0 Å². The third-order valence-electron chi connectivity index (χ3n) is 5.97. The zero-order chi connectivity index (χ0) is 27.6. The quantitative estimate of drug-likeness (QED) is 0.278. The Kier molecular flexibility index (Phi) is 7.80. The van der Waals surface area contributed by atoms with Gasteiger partial charge in [0.2, 0.25) is 5.91 Å². The summed E-state index contributed by atoms with van der Waals surface area (Å²) in [6.07, 6.45) is -1.30. The number of nitrogens with two attached hydrogens (primary N) is 1. The Balaban J connectivity index is 1.89. The van der Waals surface area contributed by atoms with Crippen molar-refractivity contribution in [3.05, 3.63) is 70.7 Å². The van der Waals surface area contributed by atoms with Gasteiger partial charge in [-0.1, -0.05) is 32.9 Å². The molecule has 3 N–H and O–H groups in total. The van der Waals surface area contributed by atoms with Crippen LogP contribution in [0.4, 0.5) is 23.2 Å². The Labute approximate surface area is 212 Å². The highest BCUT2D eigenvalue weighted by atomic mass is 19.4. The van der Waals surface area contributed by atoms with E-state index in [0.29, 0.717) is 23.7 Å². The lowest BCUT2D eigenvalue weighted by atomic mass is 9.92. The number of ether oxygens (including phenoxy) is 1. The van der Waals surface area contributed by atoms with Crippen LogP contribution in [0.2, 0.25) is 0 Å². The van der Waals surface area contributed by atoms with Crippen LogP contribution in [-0.2, 0) is 21.1 Å². The number of rotatable bonds is 7. The summed E-state index contributed by atoms with van der Waals surface area (Å²) >= 11 is 0. The number of amides is 1. The second kappa shape index (κ2) is 10.4. The minimum absolute atomic E-state index is 0.0547. The maximum Gasteiger partial charge on any atom is 0.416 e. The lowest BCUT2D eigenvalue weighted by molar-refractivity contribution is -0.137. The second-order valence-corrected chi connectivity index (χ2v) is 10.1. The van der Waals surface area contributed by atoms with Crippen molar-refractivity contribution in [2.45, 2.75) is 45.2 Å². The predicted octanol–water partition coefficient (Wildman–Crippen LogP) is 5.72. The number of carbonyl (C=O) groups is 2. The number of methoxy groups -OCH3 is 1. The summed E-state index contributed by atoms with van der Waals surface area (Å²) in [5, 5.41) is 2.66. The summed E-state index contributed by atoms with van der Waals surface area (Å²) < 4.78 is 58.3. The fourth-order valence-corrected chi connectivity index (χ4v) is 3.85. The SMILES string of the molecule is COC(=O)c1cc(NC(=O)C2(c3ccc(C(F)(F)F)cc3F)CC2)ccc1C(C=NCC(C)(C)C)=CN. The van der Waals surface area contributed by atoms with Crippen LogP contribution in [0.25, 0.3) is 5.57 Å². The number of anilines is 1. The van der Waals surface area contributed by atoms with Crippen molar-refractivity contribution < 1.29 is 31.9 Å². The summed E-state index contributed by atoms with van der Waals surface area (Å²) in [6.45, 7) is 6.60. The Morgan fingerprint density at radius 1 is 1.11 bits per heavy atom. The van der Waals surface area contributed by atoms with Gasteiger partial charge >= 0.3 is 12.1 Å². The van der Waals surface area contributed by atoms with E-state index in [-0.39, 0.29) is 35.1 Å². The first kappa shape index (κ1) is 27.9. The Morgan fingerprint density at radius 2 is 1.78 bits per heavy atom. The van der Waals surface area contributed by atoms with Crippen LogP contribution in [-0.4, -0.2) is 31.7 Å². The lowest BCUT2D eigenvalue weighted by Crippen LogP contribution is -2.29. The zero-order valence-electron chi connectivity index (χ0n) is 21.0. The molecule has 0 aliphatic heterocycles. The molecule has 0 heterocycles. The van der Waals surface area contributed by atoms with Crippen LogP contribution < -0.4 is 11.1 Å². The van der Waals surface area contributed by atoms with Crippen LogP contribution >= 0.6 is 0 Å². The molecule has 2 aromatic rings. The van der Waals surface area contributed by atoms with Crippen LogP contribution in [0, 0.1) is 11.2 Å². The maximum absolute atomic E-state index is 14.6. The summed E-state index contributed by atoms with van der Waals surface area (Å²) in [5.41, 5.74) is 4.45. The van der Waals surface area contributed by atoms with Gasteiger partial charge in [-0.2, -0.15) is 13.2 Å². The molecule has 1 fully saturated rings. The number of allylic oxidation sites excluding steroid dienone is 1. The van der Waals surface area contributed by atoms with E-state index in [0.717, 1.165) is 12.1 Å². The first-order chi connectivity index (χ1) is 17.2. The van der Waals surface area contributed by atoms with Crippen molar-refractivity contribution in [2.24, 2.45) is 16.1 Å². The van der Waals surface area contributed by atoms with Gasteiger partial charge < -0.3 is 15.8 Å². The molecule has 0 atom stereocenters. The molecule has 6 nitrogen and oxygen atoms in total. The molecule has 1 aliphatic carbocycles. The van der Waals surface area contributed by atoms with Gasteiger partial charge in [0.15, 0.2) is 0 Å². The molecule has 2 aromatic carbocycles. The summed E-state index contributed by atoms with van der Waals surface area (Å²) in [5.74, 6) is -2.36. The molecule has 0 saturated heterocycles. The van der Waals surface area contributed by atoms with Crippen molar-refractivity contribution in [3.8, 4) is 0 Å². The highest BCUT2D eigenvalue weighted by Gasteiger charge is 2.53. The van der Waals surface area contributed by atoms with Crippen LogP contribution in [0.3, 0.4) is 0 Å². The molecule has 0 radical (unpaired) electrons. The average molecular weight is 520 g/mol. The minimum atomic E-state index is -4.70. The molecule has 37 heavy (non-hydrogen) atoms. The predicted molar refractivity (Wildman–Crippen MR) is 134 cm³/mol. The molecule has 0 bridgehead atoms. The molecular formula is C27H29F4N3O3. The lowest BCUT2D eigenvalue weighted by Gasteiger charge is -2.19. The van der Waals surface area contributed by atoms with Crippen molar-refractivity contribution >= 4 is 29.4 Å². The second-order valence-electron chi connectivity index (χ2n) is 10.1. The highest BCUT2D eigenvalue weighted by molar-refractivity contribution is 6.14. The first-order valence-electron chi connectivity index (χ1n) is 11.5. The monoisotopic (exact) mass is 519 g/mol. The molecule has 1 aliphatic rings. The van der Waals surface area contributed by atoms with E-state index in [2.05, 4.69) is 10.3 Å². The molecule has 3 rings (SSSR count). The van der Waals surface area contributed by atoms with Gasteiger partial charge in [0, 0.05) is 35.8 Å². The fourth-order valence-electron chi connectivity index (χ4n) is 3.85. The number of hydrogen-bond donors (Lipinski definition) is 2. The van der Waals surface area contributed by atoms with Crippen LogP contribution in [0.5, 0.6) is 0 Å². The number of carbonyl (C=O) groups excluding carboxylic acids is 2. The number of halogens is 4. The van der Waals surface area contributed by atoms with E-state index in [4.69, 9.17) is 10.5 Å². The van der Waals surface area contributed by atoms with Gasteiger partial charge in [-0.3, -0.25) is 9.79 Å². The average Bonchev–Trinajstić information content (AvgIpc) is 3.62. The number of esters is 1. The molecule has 0 spiro atoms. The van der Waals surface area contributed by atoms with E-state index >= 15 is 0 Å².